The molecule has 2 nitrogen and oxygen atoms in total. The number of carbonyl (C=O) groups is 1. The molecule has 0 aromatic heterocycles. The predicted molar refractivity (Wildman–Crippen MR) is 68.7 cm³/mol. The molecule has 16 heavy (non-hydrogen) atoms. The van der Waals surface area contributed by atoms with E-state index in [1.807, 2.05) is 30.3 Å². The summed E-state index contributed by atoms with van der Waals surface area (Å²) in [5.41, 5.74) is 0.878. The molecule has 0 radical (unpaired) electrons. The SMILES string of the molecule is CCC(C)CSC(C(=O)O)c1ccccc1. The number of hydrogen-bond donors (Lipinski definition) is 1. The van der Waals surface area contributed by atoms with E-state index in [0.29, 0.717) is 5.92 Å². The van der Waals surface area contributed by atoms with Crippen molar-refractivity contribution in [1.29, 1.82) is 0 Å². The Balaban J connectivity index is 2.66. The van der Waals surface area contributed by atoms with E-state index in [9.17, 15) is 9.90 Å². The maximum absolute atomic E-state index is 11.2. The van der Waals surface area contributed by atoms with Gasteiger partial charge in [0, 0.05) is 0 Å². The zero-order chi connectivity index (χ0) is 12.0. The van der Waals surface area contributed by atoms with E-state index < -0.39 is 11.2 Å². The minimum absolute atomic E-state index is 0.435. The number of hydrogen-bond acceptors (Lipinski definition) is 2. The van der Waals surface area contributed by atoms with Crippen molar-refractivity contribution in [1.82, 2.24) is 0 Å². The molecule has 0 aliphatic rings. The van der Waals surface area contributed by atoms with E-state index in [2.05, 4.69) is 13.8 Å². The molecule has 2 atom stereocenters. The summed E-state index contributed by atoms with van der Waals surface area (Å²) in [5, 5.41) is 8.76. The zero-order valence-corrected chi connectivity index (χ0v) is 10.5. The van der Waals surface area contributed by atoms with Crippen LogP contribution in [0.25, 0.3) is 0 Å². The van der Waals surface area contributed by atoms with Gasteiger partial charge in [0.2, 0.25) is 0 Å². The van der Waals surface area contributed by atoms with Gasteiger partial charge in [-0.1, -0.05) is 50.6 Å². The van der Waals surface area contributed by atoms with E-state index in [1.165, 1.54) is 11.8 Å². The average molecular weight is 238 g/mol. The van der Waals surface area contributed by atoms with Gasteiger partial charge < -0.3 is 5.11 Å². The molecule has 1 N–H and O–H groups in total. The lowest BCUT2D eigenvalue weighted by Gasteiger charge is -2.14. The Morgan fingerprint density at radius 1 is 1.38 bits per heavy atom. The molecule has 2 unspecified atom stereocenters. The van der Waals surface area contributed by atoms with Crippen LogP contribution in [-0.2, 0) is 4.79 Å². The smallest absolute Gasteiger partial charge is 0.321 e. The number of thioether (sulfide) groups is 1. The monoisotopic (exact) mass is 238 g/mol. The minimum Gasteiger partial charge on any atom is -0.480 e. The fourth-order valence-electron chi connectivity index (χ4n) is 1.32. The third kappa shape index (κ3) is 3.89. The van der Waals surface area contributed by atoms with Crippen LogP contribution >= 0.6 is 11.8 Å². The summed E-state index contributed by atoms with van der Waals surface area (Å²) in [6, 6.07) is 9.43. The Bertz CT molecular complexity index is 324. The van der Waals surface area contributed by atoms with Gasteiger partial charge in [0.25, 0.3) is 0 Å². The Kier molecular flexibility index (Phi) is 5.39. The highest BCUT2D eigenvalue weighted by Gasteiger charge is 2.20. The van der Waals surface area contributed by atoms with Gasteiger partial charge in [-0.05, 0) is 17.2 Å². The highest BCUT2D eigenvalue weighted by molar-refractivity contribution is 8.00. The van der Waals surface area contributed by atoms with E-state index in [1.54, 1.807) is 0 Å². The van der Waals surface area contributed by atoms with Crippen LogP contribution in [0.3, 0.4) is 0 Å². The summed E-state index contributed by atoms with van der Waals surface area (Å²) < 4.78 is 0. The first kappa shape index (κ1) is 13.1. The molecule has 1 rings (SSSR count). The molecule has 1 aromatic carbocycles. The van der Waals surface area contributed by atoms with Crippen molar-refractivity contribution in [2.45, 2.75) is 25.5 Å². The van der Waals surface area contributed by atoms with Crippen molar-refractivity contribution < 1.29 is 9.90 Å². The molecule has 0 saturated carbocycles. The first-order valence-corrected chi connectivity index (χ1v) is 6.59. The summed E-state index contributed by atoms with van der Waals surface area (Å²) >= 11 is 1.52. The standard InChI is InChI=1S/C13H18O2S/c1-3-10(2)9-16-12(13(14)15)11-7-5-4-6-8-11/h4-8,10,12H,3,9H2,1-2H3,(H,14,15). The Hall–Kier alpha value is -0.960. The van der Waals surface area contributed by atoms with Crippen LogP contribution in [0, 0.1) is 5.92 Å². The predicted octanol–water partition coefficient (Wildman–Crippen LogP) is 3.59. The number of benzene rings is 1. The first-order chi connectivity index (χ1) is 7.65. The lowest BCUT2D eigenvalue weighted by atomic mass is 10.1. The highest BCUT2D eigenvalue weighted by atomic mass is 32.2. The third-order valence-corrected chi connectivity index (χ3v) is 4.14. The van der Waals surface area contributed by atoms with Gasteiger partial charge in [0.05, 0.1) is 0 Å². The van der Waals surface area contributed by atoms with Gasteiger partial charge in [0.15, 0.2) is 0 Å². The number of carboxylic acid groups (broad SMARTS) is 1. The Morgan fingerprint density at radius 3 is 2.50 bits per heavy atom. The van der Waals surface area contributed by atoms with Crippen LogP contribution in [0.1, 0.15) is 31.1 Å². The molecule has 0 aliphatic heterocycles. The first-order valence-electron chi connectivity index (χ1n) is 5.54. The van der Waals surface area contributed by atoms with E-state index in [4.69, 9.17) is 0 Å². The van der Waals surface area contributed by atoms with Gasteiger partial charge in [-0.25, -0.2) is 0 Å². The second kappa shape index (κ2) is 6.59. The van der Waals surface area contributed by atoms with Crippen LogP contribution in [0.2, 0.25) is 0 Å². The lowest BCUT2D eigenvalue weighted by molar-refractivity contribution is -0.136. The Morgan fingerprint density at radius 2 is 2.00 bits per heavy atom. The summed E-state index contributed by atoms with van der Waals surface area (Å²) in [5.74, 6) is 0.706. The van der Waals surface area contributed by atoms with Crippen molar-refractivity contribution >= 4 is 17.7 Å². The molecule has 0 aliphatic carbocycles. The van der Waals surface area contributed by atoms with E-state index in [0.717, 1.165) is 17.7 Å². The number of carboxylic acids is 1. The molecule has 3 heteroatoms. The summed E-state index contributed by atoms with van der Waals surface area (Å²) in [4.78, 5) is 11.2. The number of aliphatic carboxylic acids is 1. The van der Waals surface area contributed by atoms with Crippen LogP contribution < -0.4 is 0 Å². The summed E-state index contributed by atoms with van der Waals surface area (Å²) in [6.45, 7) is 4.28. The third-order valence-electron chi connectivity index (χ3n) is 2.57. The van der Waals surface area contributed by atoms with E-state index in [-0.39, 0.29) is 0 Å². The van der Waals surface area contributed by atoms with Crippen LogP contribution in [0.5, 0.6) is 0 Å². The van der Waals surface area contributed by atoms with Crippen molar-refractivity contribution in [2.24, 2.45) is 5.92 Å². The van der Waals surface area contributed by atoms with Crippen molar-refractivity contribution in [3.05, 3.63) is 35.9 Å². The maximum Gasteiger partial charge on any atom is 0.321 e. The fraction of sp³-hybridized carbons (Fsp3) is 0.462. The van der Waals surface area contributed by atoms with Crippen molar-refractivity contribution in [3.8, 4) is 0 Å². The Labute approximate surface area is 101 Å². The maximum atomic E-state index is 11.2. The van der Waals surface area contributed by atoms with Crippen LogP contribution in [0.4, 0.5) is 0 Å². The largest absolute Gasteiger partial charge is 0.480 e. The molecule has 0 bridgehead atoms. The van der Waals surface area contributed by atoms with Gasteiger partial charge >= 0.3 is 5.97 Å². The quantitative estimate of drug-likeness (QED) is 0.823. The lowest BCUT2D eigenvalue weighted by Crippen LogP contribution is -2.10. The average Bonchev–Trinajstić information content (AvgIpc) is 2.30. The highest BCUT2D eigenvalue weighted by Crippen LogP contribution is 2.30. The molecule has 0 saturated heterocycles. The molecule has 0 amide bonds. The van der Waals surface area contributed by atoms with Crippen molar-refractivity contribution in [3.63, 3.8) is 0 Å². The van der Waals surface area contributed by atoms with Crippen molar-refractivity contribution in [2.75, 3.05) is 5.75 Å². The zero-order valence-electron chi connectivity index (χ0n) is 9.72. The molecule has 88 valence electrons. The molecule has 1 aromatic rings. The number of rotatable bonds is 6. The summed E-state index contributed by atoms with van der Waals surface area (Å²) in [7, 11) is 0. The van der Waals surface area contributed by atoms with Crippen LogP contribution in [0.15, 0.2) is 30.3 Å². The molecular weight excluding hydrogens is 220 g/mol. The molecule has 0 spiro atoms. The fourth-order valence-corrected chi connectivity index (χ4v) is 2.57. The minimum atomic E-state index is -0.750. The summed E-state index contributed by atoms with van der Waals surface area (Å²) in [6.07, 6.45) is 1.09. The van der Waals surface area contributed by atoms with Gasteiger partial charge in [0.1, 0.15) is 5.25 Å². The van der Waals surface area contributed by atoms with Crippen LogP contribution in [-0.4, -0.2) is 16.8 Å². The second-order valence-corrected chi connectivity index (χ2v) is 5.11. The topological polar surface area (TPSA) is 37.3 Å². The van der Waals surface area contributed by atoms with Gasteiger partial charge in [-0.2, -0.15) is 0 Å². The van der Waals surface area contributed by atoms with Gasteiger partial charge in [-0.3, -0.25) is 4.79 Å². The molecule has 0 heterocycles. The van der Waals surface area contributed by atoms with E-state index >= 15 is 0 Å². The normalized spacial score (nSPS) is 14.4. The molecule has 0 fully saturated rings. The van der Waals surface area contributed by atoms with Gasteiger partial charge in [-0.15, -0.1) is 11.8 Å². The molecular formula is C13H18O2S. The second-order valence-electron chi connectivity index (χ2n) is 3.98.